The third kappa shape index (κ3) is 4.12. The molecule has 1 amide bonds. The van der Waals surface area contributed by atoms with Crippen LogP contribution in [0, 0.1) is 25.2 Å². The molecule has 2 aromatic carbocycles. The van der Waals surface area contributed by atoms with E-state index in [2.05, 4.69) is 5.32 Å². The number of nitrogens with one attached hydrogen (secondary N) is 1. The van der Waals surface area contributed by atoms with E-state index in [4.69, 9.17) is 27.6 Å². The van der Waals surface area contributed by atoms with Gasteiger partial charge in [0.25, 0.3) is 5.91 Å². The van der Waals surface area contributed by atoms with Crippen molar-refractivity contribution in [3.8, 4) is 17.4 Å². The summed E-state index contributed by atoms with van der Waals surface area (Å²) in [6.07, 6.45) is 1.39. The molecule has 1 aromatic heterocycles. The Morgan fingerprint density at radius 3 is 2.43 bits per heavy atom. The number of amides is 1. The van der Waals surface area contributed by atoms with Crippen LogP contribution in [0.1, 0.15) is 16.9 Å². The minimum Gasteiger partial charge on any atom is -0.457 e. The Hall–Kier alpha value is -3.00. The van der Waals surface area contributed by atoms with Crippen molar-refractivity contribution in [1.29, 1.82) is 5.26 Å². The van der Waals surface area contributed by atoms with E-state index < -0.39 is 5.91 Å². The Labute approximate surface area is 173 Å². The van der Waals surface area contributed by atoms with Crippen molar-refractivity contribution in [2.75, 3.05) is 5.32 Å². The molecule has 1 N–H and O–H groups in total. The van der Waals surface area contributed by atoms with Crippen LogP contribution in [0.2, 0.25) is 10.0 Å². The zero-order valence-electron chi connectivity index (χ0n) is 15.2. The number of halogens is 2. The molecule has 0 radical (unpaired) electrons. The smallest absolute Gasteiger partial charge is 0.266 e. The summed E-state index contributed by atoms with van der Waals surface area (Å²) in [6, 6.07) is 16.2. The highest BCUT2D eigenvalue weighted by atomic mass is 35.5. The normalized spacial score (nSPS) is 11.2. The first-order valence-electron chi connectivity index (χ1n) is 8.44. The second-order valence-corrected chi connectivity index (χ2v) is 6.98. The molecule has 1 heterocycles. The molecule has 0 aliphatic carbocycles. The molecule has 0 saturated carbocycles. The second kappa shape index (κ2) is 8.35. The summed E-state index contributed by atoms with van der Waals surface area (Å²) in [4.78, 5) is 12.5. The van der Waals surface area contributed by atoms with Gasteiger partial charge >= 0.3 is 0 Å². The number of para-hydroxylation sites is 1. The van der Waals surface area contributed by atoms with Gasteiger partial charge in [0, 0.05) is 17.3 Å². The van der Waals surface area contributed by atoms with Crippen molar-refractivity contribution in [2.45, 2.75) is 13.8 Å². The van der Waals surface area contributed by atoms with E-state index in [0.29, 0.717) is 32.8 Å². The van der Waals surface area contributed by atoms with Crippen LogP contribution >= 0.6 is 23.2 Å². The molecular weight excluding hydrogens is 395 g/mol. The Kier molecular flexibility index (Phi) is 5.89. The van der Waals surface area contributed by atoms with Gasteiger partial charge in [-0.05, 0) is 49.2 Å². The standard InChI is InChI=1S/C22H16Cl2N2O2/c1-13-5-3-6-14(2)21(13)26-22(27)15(12-25)11-16-9-10-19(28-16)17-7-4-8-18(23)20(17)24/h3-11H,1-2H3,(H,26,27)/b15-11+. The number of carbonyl (C=O) groups is 1. The highest BCUT2D eigenvalue weighted by Gasteiger charge is 2.15. The minimum absolute atomic E-state index is 0.0688. The lowest BCUT2D eigenvalue weighted by molar-refractivity contribution is -0.112. The average Bonchev–Trinajstić information content (AvgIpc) is 3.13. The molecule has 0 saturated heterocycles. The first-order valence-corrected chi connectivity index (χ1v) is 9.20. The van der Waals surface area contributed by atoms with E-state index in [1.54, 1.807) is 30.3 Å². The van der Waals surface area contributed by atoms with Crippen LogP contribution in [0.3, 0.4) is 0 Å². The largest absolute Gasteiger partial charge is 0.457 e. The van der Waals surface area contributed by atoms with Gasteiger partial charge < -0.3 is 9.73 Å². The summed E-state index contributed by atoms with van der Waals surface area (Å²) in [6.45, 7) is 3.79. The fourth-order valence-electron chi connectivity index (χ4n) is 2.75. The summed E-state index contributed by atoms with van der Waals surface area (Å²) in [5.41, 5.74) is 3.09. The summed E-state index contributed by atoms with van der Waals surface area (Å²) in [5, 5.41) is 13.0. The van der Waals surface area contributed by atoms with E-state index in [9.17, 15) is 10.1 Å². The van der Waals surface area contributed by atoms with Crippen LogP contribution in [0.25, 0.3) is 17.4 Å². The van der Waals surface area contributed by atoms with Gasteiger partial charge in [-0.3, -0.25) is 4.79 Å². The van der Waals surface area contributed by atoms with Gasteiger partial charge in [0.15, 0.2) is 0 Å². The molecule has 0 bridgehead atoms. The maximum Gasteiger partial charge on any atom is 0.266 e. The van der Waals surface area contributed by atoms with Crippen molar-refractivity contribution >= 4 is 40.9 Å². The molecule has 0 spiro atoms. The summed E-state index contributed by atoms with van der Waals surface area (Å²) in [7, 11) is 0. The number of aryl methyl sites for hydroxylation is 2. The number of anilines is 1. The maximum atomic E-state index is 12.5. The minimum atomic E-state index is -0.501. The number of furan rings is 1. The molecule has 28 heavy (non-hydrogen) atoms. The summed E-state index contributed by atoms with van der Waals surface area (Å²) in [5.74, 6) is 0.351. The van der Waals surface area contributed by atoms with Gasteiger partial charge in [0.2, 0.25) is 0 Å². The van der Waals surface area contributed by atoms with Gasteiger partial charge in [-0.15, -0.1) is 0 Å². The predicted octanol–water partition coefficient (Wildman–Crippen LogP) is 6.42. The first-order chi connectivity index (χ1) is 13.4. The molecule has 0 aliphatic heterocycles. The zero-order valence-corrected chi connectivity index (χ0v) is 16.7. The van der Waals surface area contributed by atoms with Gasteiger partial charge in [-0.1, -0.05) is 47.5 Å². The number of benzene rings is 2. The molecule has 0 unspecified atom stereocenters. The Bertz CT molecular complexity index is 1100. The number of hydrogen-bond acceptors (Lipinski definition) is 3. The molecule has 0 atom stereocenters. The third-order valence-electron chi connectivity index (χ3n) is 4.22. The molecule has 3 aromatic rings. The number of nitrogens with zero attached hydrogens (tertiary/aromatic N) is 1. The SMILES string of the molecule is Cc1cccc(C)c1NC(=O)/C(C#N)=C/c1ccc(-c2cccc(Cl)c2Cl)o1. The molecule has 6 heteroatoms. The van der Waals surface area contributed by atoms with Crippen molar-refractivity contribution < 1.29 is 9.21 Å². The zero-order chi connectivity index (χ0) is 20.3. The lowest BCUT2D eigenvalue weighted by Crippen LogP contribution is -2.15. The van der Waals surface area contributed by atoms with Crippen LogP contribution in [-0.2, 0) is 4.79 Å². The molecule has 0 aliphatic rings. The van der Waals surface area contributed by atoms with Gasteiger partial charge in [-0.2, -0.15) is 5.26 Å². The summed E-state index contributed by atoms with van der Waals surface area (Å²) >= 11 is 12.3. The topological polar surface area (TPSA) is 66.0 Å². The number of carbonyl (C=O) groups excluding carboxylic acids is 1. The monoisotopic (exact) mass is 410 g/mol. The average molecular weight is 411 g/mol. The summed E-state index contributed by atoms with van der Waals surface area (Å²) < 4.78 is 5.74. The first kappa shape index (κ1) is 19.8. The highest BCUT2D eigenvalue weighted by molar-refractivity contribution is 6.43. The van der Waals surface area contributed by atoms with Crippen molar-refractivity contribution in [3.05, 3.63) is 81.0 Å². The van der Waals surface area contributed by atoms with Gasteiger partial charge in [-0.25, -0.2) is 0 Å². The van der Waals surface area contributed by atoms with Crippen LogP contribution in [0.4, 0.5) is 5.69 Å². The maximum absolute atomic E-state index is 12.5. The third-order valence-corrected chi connectivity index (χ3v) is 5.03. The van der Waals surface area contributed by atoms with E-state index >= 15 is 0 Å². The molecule has 4 nitrogen and oxygen atoms in total. The number of rotatable bonds is 4. The molecule has 0 fully saturated rings. The fraction of sp³-hybridized carbons (Fsp3) is 0.0909. The van der Waals surface area contributed by atoms with Gasteiger partial charge in [0.1, 0.15) is 23.2 Å². The fourth-order valence-corrected chi connectivity index (χ4v) is 3.15. The second-order valence-electron chi connectivity index (χ2n) is 6.19. The van der Waals surface area contributed by atoms with E-state index in [1.165, 1.54) is 6.08 Å². The Morgan fingerprint density at radius 1 is 1.07 bits per heavy atom. The van der Waals surface area contributed by atoms with Crippen LogP contribution in [0.15, 0.2) is 58.5 Å². The Morgan fingerprint density at radius 2 is 1.75 bits per heavy atom. The van der Waals surface area contributed by atoms with E-state index in [-0.39, 0.29) is 5.57 Å². The van der Waals surface area contributed by atoms with Crippen LogP contribution in [-0.4, -0.2) is 5.91 Å². The van der Waals surface area contributed by atoms with Crippen molar-refractivity contribution in [1.82, 2.24) is 0 Å². The number of nitriles is 1. The Balaban J connectivity index is 1.87. The van der Waals surface area contributed by atoms with Crippen LogP contribution < -0.4 is 5.32 Å². The van der Waals surface area contributed by atoms with E-state index in [0.717, 1.165) is 11.1 Å². The molecular formula is C22H16Cl2N2O2. The predicted molar refractivity (Wildman–Crippen MR) is 112 cm³/mol. The highest BCUT2D eigenvalue weighted by Crippen LogP contribution is 2.34. The molecule has 140 valence electrons. The quantitative estimate of drug-likeness (QED) is 0.398. The van der Waals surface area contributed by atoms with Crippen molar-refractivity contribution in [3.63, 3.8) is 0 Å². The van der Waals surface area contributed by atoms with Crippen molar-refractivity contribution in [2.24, 2.45) is 0 Å². The lowest BCUT2D eigenvalue weighted by atomic mass is 10.1. The van der Waals surface area contributed by atoms with Gasteiger partial charge in [0.05, 0.1) is 10.0 Å². The number of hydrogen-bond donors (Lipinski definition) is 1. The van der Waals surface area contributed by atoms with Crippen LogP contribution in [0.5, 0.6) is 0 Å². The molecule has 3 rings (SSSR count). The lowest BCUT2D eigenvalue weighted by Gasteiger charge is -2.10. The van der Waals surface area contributed by atoms with E-state index in [1.807, 2.05) is 38.1 Å².